The average molecular weight is 597 g/mol. The van der Waals surface area contributed by atoms with Gasteiger partial charge in [0.25, 0.3) is 0 Å². The van der Waals surface area contributed by atoms with Crippen molar-refractivity contribution in [3.05, 3.63) is 70.9 Å². The van der Waals surface area contributed by atoms with Crippen LogP contribution in [0.1, 0.15) is 77.8 Å². The van der Waals surface area contributed by atoms with Crippen molar-refractivity contribution in [2.24, 2.45) is 5.92 Å². The van der Waals surface area contributed by atoms with Gasteiger partial charge in [-0.3, -0.25) is 4.90 Å². The molecule has 2 aromatic carbocycles. The topological polar surface area (TPSA) is 61.7 Å². The molecule has 0 spiro atoms. The number of halogens is 3. The molecule has 0 bridgehead atoms. The first-order valence-corrected chi connectivity index (χ1v) is 15.3. The van der Waals surface area contributed by atoms with E-state index < -0.39 is 22.8 Å². The van der Waals surface area contributed by atoms with Gasteiger partial charge in [0.2, 0.25) is 0 Å². The number of nitrogens with zero attached hydrogens (tertiary/aromatic N) is 4. The highest BCUT2D eigenvalue weighted by molar-refractivity contribution is 5.72. The molecule has 3 aromatic rings. The van der Waals surface area contributed by atoms with Crippen LogP contribution >= 0.6 is 0 Å². The Hall–Kier alpha value is -3.17. The predicted octanol–water partition coefficient (Wildman–Crippen LogP) is 6.91. The van der Waals surface area contributed by atoms with E-state index in [1.807, 2.05) is 33.8 Å². The number of hydrogen-bond acceptors (Lipinski definition) is 6. The minimum Gasteiger partial charge on any atom is -0.481 e. The largest absolute Gasteiger partial charge is 0.481 e. The summed E-state index contributed by atoms with van der Waals surface area (Å²) < 4.78 is 51.6. The molecule has 3 heterocycles. The molecule has 0 amide bonds. The summed E-state index contributed by atoms with van der Waals surface area (Å²) in [6.45, 7) is 14.4. The van der Waals surface area contributed by atoms with E-state index in [1.54, 1.807) is 12.1 Å². The van der Waals surface area contributed by atoms with Gasteiger partial charge in [0.1, 0.15) is 22.9 Å². The lowest BCUT2D eigenvalue weighted by atomic mass is 9.83. The second-order valence-electron chi connectivity index (χ2n) is 13.3. The van der Waals surface area contributed by atoms with Crippen molar-refractivity contribution in [1.82, 2.24) is 14.9 Å². The van der Waals surface area contributed by atoms with Crippen LogP contribution in [0.5, 0.6) is 5.75 Å². The van der Waals surface area contributed by atoms with Crippen molar-refractivity contribution in [1.29, 1.82) is 0 Å². The lowest BCUT2D eigenvalue weighted by Gasteiger charge is -2.44. The fraction of sp³-hybridized carbons (Fsp3) is 0.529. The molecule has 2 aliphatic rings. The molecule has 9 heteroatoms. The molecule has 0 aliphatic carbocycles. The van der Waals surface area contributed by atoms with Gasteiger partial charge in [0.05, 0.1) is 24.0 Å². The van der Waals surface area contributed by atoms with E-state index in [9.17, 15) is 5.11 Å². The van der Waals surface area contributed by atoms with Crippen LogP contribution in [0.3, 0.4) is 0 Å². The van der Waals surface area contributed by atoms with E-state index in [4.69, 9.17) is 4.74 Å². The van der Waals surface area contributed by atoms with Crippen LogP contribution in [0.15, 0.2) is 36.5 Å². The number of benzene rings is 2. The summed E-state index contributed by atoms with van der Waals surface area (Å²) in [5.74, 6) is -0.832. The number of anilines is 1. The minimum absolute atomic E-state index is 0.00723. The summed E-state index contributed by atoms with van der Waals surface area (Å²) in [5.41, 5.74) is 0.850. The van der Waals surface area contributed by atoms with Crippen LogP contribution in [0.4, 0.5) is 18.9 Å². The second kappa shape index (κ2) is 12.1. The van der Waals surface area contributed by atoms with Gasteiger partial charge < -0.3 is 14.7 Å². The van der Waals surface area contributed by atoms with Crippen molar-refractivity contribution in [2.45, 2.75) is 91.0 Å². The zero-order valence-electron chi connectivity index (χ0n) is 26.1. The number of fused-ring (bicyclic) bond motifs is 1. The Balaban J connectivity index is 1.34. The number of aromatic nitrogens is 2. The van der Waals surface area contributed by atoms with Gasteiger partial charge in [0, 0.05) is 30.1 Å². The van der Waals surface area contributed by atoms with E-state index in [-0.39, 0.29) is 35.6 Å². The van der Waals surface area contributed by atoms with Gasteiger partial charge in [-0.05, 0) is 96.7 Å². The summed E-state index contributed by atoms with van der Waals surface area (Å²) in [6.07, 6.45) is 3.89. The fourth-order valence-electron chi connectivity index (χ4n) is 6.19. The minimum atomic E-state index is -0.699. The molecule has 232 valence electrons. The Morgan fingerprint density at radius 3 is 2.44 bits per heavy atom. The average Bonchev–Trinajstić information content (AvgIpc) is 2.94. The number of hydrogen-bond donors (Lipinski definition) is 1. The number of aliphatic hydroxyl groups is 1. The molecular formula is C34H43F3N4O2. The second-order valence-corrected chi connectivity index (χ2v) is 13.3. The molecule has 1 N–H and O–H groups in total. The third-order valence-electron chi connectivity index (χ3n) is 8.91. The lowest BCUT2D eigenvalue weighted by Crippen LogP contribution is -2.50. The number of piperidine rings is 1. The quantitative estimate of drug-likeness (QED) is 0.305. The molecule has 2 aliphatic heterocycles. The summed E-state index contributed by atoms with van der Waals surface area (Å²) in [7, 11) is 0. The Morgan fingerprint density at radius 2 is 1.79 bits per heavy atom. The van der Waals surface area contributed by atoms with Crippen LogP contribution in [0.2, 0.25) is 0 Å². The van der Waals surface area contributed by atoms with Gasteiger partial charge in [-0.1, -0.05) is 19.1 Å². The SMILES string of the molecule is CCC(C)N1CC(C)(C)Oc2c(F)cc(-c3nc(Cc4ccc(CN5CCC(C(C)(C)O)CC5)c(F)c4)ncc3F)cc21. The predicted molar refractivity (Wildman–Crippen MR) is 163 cm³/mol. The van der Waals surface area contributed by atoms with Gasteiger partial charge in [-0.25, -0.2) is 23.1 Å². The molecule has 1 fully saturated rings. The zero-order chi connectivity index (χ0) is 31.1. The third-order valence-corrected chi connectivity index (χ3v) is 8.91. The Bertz CT molecular complexity index is 1460. The molecule has 43 heavy (non-hydrogen) atoms. The monoisotopic (exact) mass is 596 g/mol. The van der Waals surface area contributed by atoms with Gasteiger partial charge in [0.15, 0.2) is 17.4 Å². The normalized spacial score (nSPS) is 18.3. The Morgan fingerprint density at radius 1 is 1.07 bits per heavy atom. The van der Waals surface area contributed by atoms with Crippen LogP contribution in [0, 0.1) is 23.4 Å². The standard InChI is InChI=1S/C34H43F3N4O2/c1-7-21(2)41-20-33(3,4)43-32-27(36)16-24(17-29(32)41)31-28(37)18-38-30(39-31)15-22-8-9-23(26(35)14-22)19-40-12-10-25(11-13-40)34(5,6)42/h8-9,14,16-18,21,25,42H,7,10-13,15,19-20H2,1-6H3. The van der Waals surface area contributed by atoms with Crippen molar-refractivity contribution in [3.8, 4) is 17.0 Å². The molecular weight excluding hydrogens is 553 g/mol. The summed E-state index contributed by atoms with van der Waals surface area (Å²) in [6, 6.07) is 8.21. The van der Waals surface area contributed by atoms with Crippen LogP contribution in [0.25, 0.3) is 11.3 Å². The Kier molecular flexibility index (Phi) is 8.78. The number of rotatable bonds is 8. The molecule has 1 saturated heterocycles. The summed E-state index contributed by atoms with van der Waals surface area (Å²) in [5, 5.41) is 10.3. The number of ether oxygens (including phenoxy) is 1. The Labute approximate surface area is 252 Å². The lowest BCUT2D eigenvalue weighted by molar-refractivity contribution is -0.0137. The van der Waals surface area contributed by atoms with E-state index in [0.717, 1.165) is 38.5 Å². The summed E-state index contributed by atoms with van der Waals surface area (Å²) >= 11 is 0. The summed E-state index contributed by atoms with van der Waals surface area (Å²) in [4.78, 5) is 12.9. The smallest absolute Gasteiger partial charge is 0.179 e. The maximum Gasteiger partial charge on any atom is 0.179 e. The first kappa shape index (κ1) is 31.3. The first-order valence-electron chi connectivity index (χ1n) is 15.3. The highest BCUT2D eigenvalue weighted by atomic mass is 19.1. The molecule has 1 unspecified atom stereocenters. The molecule has 0 saturated carbocycles. The zero-order valence-corrected chi connectivity index (χ0v) is 26.1. The highest BCUT2D eigenvalue weighted by Gasteiger charge is 2.36. The maximum atomic E-state index is 15.4. The number of likely N-dealkylation sites (tertiary alicyclic amines) is 1. The van der Waals surface area contributed by atoms with E-state index in [2.05, 4.69) is 33.6 Å². The molecule has 5 rings (SSSR count). The maximum absolute atomic E-state index is 15.4. The molecule has 0 radical (unpaired) electrons. The van der Waals surface area contributed by atoms with Crippen molar-refractivity contribution in [2.75, 3.05) is 24.5 Å². The first-order chi connectivity index (χ1) is 20.2. The van der Waals surface area contributed by atoms with Gasteiger partial charge >= 0.3 is 0 Å². The van der Waals surface area contributed by atoms with E-state index in [1.165, 1.54) is 12.1 Å². The van der Waals surface area contributed by atoms with Gasteiger partial charge in [-0.15, -0.1) is 0 Å². The van der Waals surface area contributed by atoms with Gasteiger partial charge in [-0.2, -0.15) is 0 Å². The van der Waals surface area contributed by atoms with E-state index >= 15 is 13.2 Å². The van der Waals surface area contributed by atoms with Crippen molar-refractivity contribution < 1.29 is 23.0 Å². The van der Waals surface area contributed by atoms with Crippen LogP contribution in [-0.4, -0.2) is 56.9 Å². The van der Waals surface area contributed by atoms with Crippen LogP contribution < -0.4 is 9.64 Å². The molecule has 1 aromatic heterocycles. The van der Waals surface area contributed by atoms with Crippen LogP contribution in [-0.2, 0) is 13.0 Å². The molecule has 1 atom stereocenters. The fourth-order valence-corrected chi connectivity index (χ4v) is 6.19. The van der Waals surface area contributed by atoms with Crippen molar-refractivity contribution >= 4 is 5.69 Å². The van der Waals surface area contributed by atoms with E-state index in [0.29, 0.717) is 41.3 Å². The molecule has 6 nitrogen and oxygen atoms in total. The highest BCUT2D eigenvalue weighted by Crippen LogP contribution is 2.43. The third kappa shape index (κ3) is 6.99. The van der Waals surface area contributed by atoms with Crippen molar-refractivity contribution in [3.63, 3.8) is 0 Å².